The minimum absolute atomic E-state index is 0.00135. The normalized spacial score (nSPS) is 16.7. The van der Waals surface area contributed by atoms with Crippen LogP contribution in [0.1, 0.15) is 23.7 Å². The van der Waals surface area contributed by atoms with E-state index in [2.05, 4.69) is 15.5 Å². The second kappa shape index (κ2) is 7.71. The van der Waals surface area contributed by atoms with Gasteiger partial charge in [0.25, 0.3) is 5.89 Å². The smallest absolute Gasteiger partial charge is 0.268 e. The summed E-state index contributed by atoms with van der Waals surface area (Å²) in [6, 6.07) is 13.7. The third kappa shape index (κ3) is 4.06. The van der Waals surface area contributed by atoms with Crippen molar-refractivity contribution in [3.63, 3.8) is 0 Å². The van der Waals surface area contributed by atoms with Gasteiger partial charge in [0.05, 0.1) is 18.0 Å². The molecule has 0 radical (unpaired) electrons. The summed E-state index contributed by atoms with van der Waals surface area (Å²) in [5.74, 6) is 0.742. The molecule has 7 nitrogen and oxygen atoms in total. The predicted molar refractivity (Wildman–Crippen MR) is 99.8 cm³/mol. The summed E-state index contributed by atoms with van der Waals surface area (Å²) in [5, 5.41) is 8.54. The number of hydrogen-bond donors (Lipinski definition) is 1. The Morgan fingerprint density at radius 2 is 2.11 bits per heavy atom. The molecule has 2 aromatic heterocycles. The van der Waals surface area contributed by atoms with E-state index in [0.29, 0.717) is 24.7 Å². The van der Waals surface area contributed by atoms with E-state index in [0.717, 1.165) is 10.4 Å². The lowest BCUT2D eigenvalue weighted by Gasteiger charge is -2.16. The second-order valence-electron chi connectivity index (χ2n) is 6.36. The molecule has 138 valence electrons. The fourth-order valence-electron chi connectivity index (χ4n) is 3.11. The molecular weight excluding hydrogens is 364 g/mol. The highest BCUT2D eigenvalue weighted by Crippen LogP contribution is 2.27. The summed E-state index contributed by atoms with van der Waals surface area (Å²) in [5.41, 5.74) is 1.13. The highest BCUT2D eigenvalue weighted by Gasteiger charge is 2.31. The van der Waals surface area contributed by atoms with Crippen LogP contribution in [0.25, 0.3) is 10.8 Å². The van der Waals surface area contributed by atoms with Gasteiger partial charge in [0.1, 0.15) is 0 Å². The number of carbonyl (C=O) groups excluding carboxylic acids is 2. The molecule has 1 aliphatic rings. The minimum atomic E-state index is -0.237. The van der Waals surface area contributed by atoms with Crippen LogP contribution in [0, 0.1) is 0 Å². The summed E-state index contributed by atoms with van der Waals surface area (Å²) >= 11 is 1.51. The number of thiophene rings is 1. The Kier molecular flexibility index (Phi) is 4.97. The molecule has 1 unspecified atom stereocenters. The number of likely N-dealkylation sites (tertiary alicyclic amines) is 1. The number of nitrogens with zero attached hydrogens (tertiary/aromatic N) is 3. The molecule has 1 atom stereocenters. The van der Waals surface area contributed by atoms with E-state index in [-0.39, 0.29) is 30.8 Å². The topological polar surface area (TPSA) is 88.3 Å². The first-order valence-corrected chi connectivity index (χ1v) is 9.53. The van der Waals surface area contributed by atoms with Crippen LogP contribution in [-0.4, -0.2) is 39.9 Å². The highest BCUT2D eigenvalue weighted by molar-refractivity contribution is 7.13. The number of benzene rings is 1. The first-order valence-electron chi connectivity index (χ1n) is 8.65. The van der Waals surface area contributed by atoms with Crippen LogP contribution >= 0.6 is 11.3 Å². The van der Waals surface area contributed by atoms with Crippen LogP contribution in [0.3, 0.4) is 0 Å². The third-order valence-electron chi connectivity index (χ3n) is 4.46. The van der Waals surface area contributed by atoms with Gasteiger partial charge in [-0.25, -0.2) is 0 Å². The van der Waals surface area contributed by atoms with Crippen LogP contribution in [0.2, 0.25) is 0 Å². The second-order valence-corrected chi connectivity index (χ2v) is 7.30. The van der Waals surface area contributed by atoms with Gasteiger partial charge in [0.15, 0.2) is 5.82 Å². The average molecular weight is 382 g/mol. The van der Waals surface area contributed by atoms with Gasteiger partial charge >= 0.3 is 0 Å². The number of nitrogens with one attached hydrogen (secondary N) is 1. The molecule has 3 heterocycles. The van der Waals surface area contributed by atoms with Crippen LogP contribution in [0.15, 0.2) is 52.4 Å². The van der Waals surface area contributed by atoms with Gasteiger partial charge in [0, 0.05) is 18.9 Å². The van der Waals surface area contributed by atoms with Crippen LogP contribution in [0.5, 0.6) is 0 Å². The van der Waals surface area contributed by atoms with Crippen molar-refractivity contribution in [1.82, 2.24) is 20.4 Å². The molecule has 4 rings (SSSR count). The van der Waals surface area contributed by atoms with Gasteiger partial charge in [-0.1, -0.05) is 41.6 Å². The SMILES string of the molecule is O=C(CN1CC(c2ccccc2)CC1=O)NCc1noc(-c2cccs2)n1. The Balaban J connectivity index is 1.29. The molecule has 1 fully saturated rings. The standard InChI is InChI=1S/C19H18N4O3S/c24-17(20-10-16-21-19(26-22-16)15-7-4-8-27-15)12-23-11-14(9-18(23)25)13-5-2-1-3-6-13/h1-8,14H,9-12H2,(H,20,24). The molecule has 3 aromatic rings. The van der Waals surface area contributed by atoms with Gasteiger partial charge < -0.3 is 14.7 Å². The summed E-state index contributed by atoms with van der Waals surface area (Å²) in [6.45, 7) is 0.761. The molecule has 27 heavy (non-hydrogen) atoms. The van der Waals surface area contributed by atoms with Crippen molar-refractivity contribution in [2.24, 2.45) is 0 Å². The van der Waals surface area contributed by atoms with Crippen molar-refractivity contribution in [1.29, 1.82) is 0 Å². The van der Waals surface area contributed by atoms with E-state index in [1.807, 2.05) is 47.8 Å². The molecule has 1 aliphatic heterocycles. The summed E-state index contributed by atoms with van der Waals surface area (Å²) in [4.78, 5) is 31.2. The van der Waals surface area contributed by atoms with Crippen LogP contribution in [0.4, 0.5) is 0 Å². The Labute approximate surface area is 160 Å². The molecule has 2 amide bonds. The van der Waals surface area contributed by atoms with E-state index in [9.17, 15) is 9.59 Å². The van der Waals surface area contributed by atoms with Gasteiger partial charge in [-0.3, -0.25) is 9.59 Å². The Morgan fingerprint density at radius 1 is 1.26 bits per heavy atom. The van der Waals surface area contributed by atoms with Gasteiger partial charge in [-0.15, -0.1) is 11.3 Å². The first-order chi connectivity index (χ1) is 13.2. The highest BCUT2D eigenvalue weighted by atomic mass is 32.1. The van der Waals surface area contributed by atoms with E-state index in [1.54, 1.807) is 4.90 Å². The number of rotatable bonds is 6. The average Bonchev–Trinajstić information content (AvgIpc) is 3.42. The van der Waals surface area contributed by atoms with E-state index < -0.39 is 0 Å². The lowest BCUT2D eigenvalue weighted by atomic mass is 9.99. The molecule has 8 heteroatoms. The van der Waals surface area contributed by atoms with E-state index >= 15 is 0 Å². The quantitative estimate of drug-likeness (QED) is 0.707. The predicted octanol–water partition coefficient (Wildman–Crippen LogP) is 2.43. The molecule has 1 aromatic carbocycles. The molecule has 0 aliphatic carbocycles. The molecule has 1 saturated heterocycles. The van der Waals surface area contributed by atoms with Crippen LogP contribution in [-0.2, 0) is 16.1 Å². The van der Waals surface area contributed by atoms with Crippen molar-refractivity contribution in [2.45, 2.75) is 18.9 Å². The van der Waals surface area contributed by atoms with Gasteiger partial charge in [-0.2, -0.15) is 4.98 Å². The zero-order valence-corrected chi connectivity index (χ0v) is 15.3. The van der Waals surface area contributed by atoms with E-state index in [4.69, 9.17) is 4.52 Å². The molecule has 0 saturated carbocycles. The van der Waals surface area contributed by atoms with Crippen molar-refractivity contribution >= 4 is 23.2 Å². The lowest BCUT2D eigenvalue weighted by Crippen LogP contribution is -2.37. The zero-order chi connectivity index (χ0) is 18.6. The molecule has 0 spiro atoms. The lowest BCUT2D eigenvalue weighted by molar-refractivity contribution is -0.133. The maximum absolute atomic E-state index is 12.2. The number of aromatic nitrogens is 2. The van der Waals surface area contributed by atoms with Crippen LogP contribution < -0.4 is 5.32 Å². The third-order valence-corrected chi connectivity index (χ3v) is 5.32. The maximum Gasteiger partial charge on any atom is 0.268 e. The molecule has 1 N–H and O–H groups in total. The Bertz CT molecular complexity index is 924. The van der Waals surface area contributed by atoms with Crippen molar-refractivity contribution < 1.29 is 14.1 Å². The first kappa shape index (κ1) is 17.4. The Morgan fingerprint density at radius 3 is 2.89 bits per heavy atom. The molecular formula is C19H18N4O3S. The van der Waals surface area contributed by atoms with Crippen molar-refractivity contribution in [2.75, 3.05) is 13.1 Å². The van der Waals surface area contributed by atoms with Gasteiger partial charge in [-0.05, 0) is 17.0 Å². The minimum Gasteiger partial charge on any atom is -0.347 e. The summed E-state index contributed by atoms with van der Waals surface area (Å²) < 4.78 is 5.19. The Hall–Kier alpha value is -3.00. The summed E-state index contributed by atoms with van der Waals surface area (Å²) in [6.07, 6.45) is 0.437. The van der Waals surface area contributed by atoms with Crippen molar-refractivity contribution in [3.05, 3.63) is 59.2 Å². The number of amides is 2. The van der Waals surface area contributed by atoms with Crippen molar-refractivity contribution in [3.8, 4) is 10.8 Å². The maximum atomic E-state index is 12.2. The van der Waals surface area contributed by atoms with Gasteiger partial charge in [0.2, 0.25) is 11.8 Å². The zero-order valence-electron chi connectivity index (χ0n) is 14.5. The summed E-state index contributed by atoms with van der Waals surface area (Å²) in [7, 11) is 0. The largest absolute Gasteiger partial charge is 0.347 e. The monoisotopic (exact) mass is 382 g/mol. The molecule has 0 bridgehead atoms. The number of carbonyl (C=O) groups is 2. The van der Waals surface area contributed by atoms with E-state index in [1.165, 1.54) is 11.3 Å². The fraction of sp³-hybridized carbons (Fsp3) is 0.263. The number of hydrogen-bond acceptors (Lipinski definition) is 6. The fourth-order valence-corrected chi connectivity index (χ4v) is 3.75.